The number of aryl methyl sites for hydroxylation is 1. The van der Waals surface area contributed by atoms with Crippen molar-refractivity contribution in [1.82, 2.24) is 0 Å². The summed E-state index contributed by atoms with van der Waals surface area (Å²) in [6.07, 6.45) is -0.188. The molecule has 0 aliphatic rings. The fourth-order valence-electron chi connectivity index (χ4n) is 1.94. The zero-order valence-corrected chi connectivity index (χ0v) is 13.4. The molecule has 0 amide bonds. The van der Waals surface area contributed by atoms with Crippen LogP contribution in [0.2, 0.25) is 10.0 Å². The number of aliphatic hydroxyl groups excluding tert-OH is 1. The van der Waals surface area contributed by atoms with Gasteiger partial charge in [-0.2, -0.15) is 0 Å². The number of hydrogen-bond donors (Lipinski definition) is 1. The lowest BCUT2D eigenvalue weighted by Gasteiger charge is -2.15. The third-order valence-electron chi connectivity index (χ3n) is 2.96. The van der Waals surface area contributed by atoms with Gasteiger partial charge in [0.2, 0.25) is 0 Å². The number of rotatable bonds is 3. The SMILES string of the molecule is Cc1ccc(Br)c(C(O)Cc2cccc(Cl)c2Cl)c1. The van der Waals surface area contributed by atoms with E-state index in [1.165, 1.54) is 0 Å². The summed E-state index contributed by atoms with van der Waals surface area (Å²) in [7, 11) is 0. The second-order valence-electron chi connectivity index (χ2n) is 4.46. The molecule has 0 saturated heterocycles. The normalized spacial score (nSPS) is 12.5. The Morgan fingerprint density at radius 2 is 1.95 bits per heavy atom. The van der Waals surface area contributed by atoms with Crippen molar-refractivity contribution in [2.45, 2.75) is 19.4 Å². The molecule has 2 aromatic rings. The standard InChI is InChI=1S/C15H13BrCl2O/c1-9-5-6-12(16)11(7-9)14(19)8-10-3-2-4-13(17)15(10)18/h2-7,14,19H,8H2,1H3. The van der Waals surface area contributed by atoms with Gasteiger partial charge in [0.05, 0.1) is 16.1 Å². The summed E-state index contributed by atoms with van der Waals surface area (Å²) in [6.45, 7) is 2.00. The van der Waals surface area contributed by atoms with E-state index >= 15 is 0 Å². The Balaban J connectivity index is 2.28. The highest BCUT2D eigenvalue weighted by molar-refractivity contribution is 9.10. The molecule has 100 valence electrons. The molecule has 0 fully saturated rings. The first-order valence-electron chi connectivity index (χ1n) is 5.86. The minimum Gasteiger partial charge on any atom is -0.388 e. The average molecular weight is 360 g/mol. The van der Waals surface area contributed by atoms with Crippen LogP contribution >= 0.6 is 39.1 Å². The van der Waals surface area contributed by atoms with Crippen LogP contribution < -0.4 is 0 Å². The van der Waals surface area contributed by atoms with Crippen LogP contribution in [-0.2, 0) is 6.42 Å². The van der Waals surface area contributed by atoms with Gasteiger partial charge in [-0.25, -0.2) is 0 Å². The Morgan fingerprint density at radius 1 is 1.21 bits per heavy atom. The molecule has 1 nitrogen and oxygen atoms in total. The van der Waals surface area contributed by atoms with Crippen molar-refractivity contribution in [2.75, 3.05) is 0 Å². The van der Waals surface area contributed by atoms with Crippen molar-refractivity contribution >= 4 is 39.1 Å². The number of hydrogen-bond acceptors (Lipinski definition) is 1. The summed E-state index contributed by atoms with van der Waals surface area (Å²) in [5.74, 6) is 0. The van der Waals surface area contributed by atoms with Crippen LogP contribution in [0.15, 0.2) is 40.9 Å². The van der Waals surface area contributed by atoms with Crippen LogP contribution in [0.4, 0.5) is 0 Å². The molecule has 2 rings (SSSR count). The molecule has 0 aliphatic carbocycles. The molecule has 2 aromatic carbocycles. The maximum Gasteiger partial charge on any atom is 0.0841 e. The van der Waals surface area contributed by atoms with Crippen molar-refractivity contribution < 1.29 is 5.11 Å². The van der Waals surface area contributed by atoms with Crippen LogP contribution in [0.1, 0.15) is 22.8 Å². The quantitative estimate of drug-likeness (QED) is 0.784. The molecule has 0 spiro atoms. The smallest absolute Gasteiger partial charge is 0.0841 e. The van der Waals surface area contributed by atoms with Crippen LogP contribution in [0.5, 0.6) is 0 Å². The highest BCUT2D eigenvalue weighted by atomic mass is 79.9. The molecule has 1 atom stereocenters. The third-order valence-corrected chi connectivity index (χ3v) is 4.54. The van der Waals surface area contributed by atoms with E-state index in [1.54, 1.807) is 6.07 Å². The van der Waals surface area contributed by atoms with Crippen LogP contribution in [-0.4, -0.2) is 5.11 Å². The average Bonchev–Trinajstić information content (AvgIpc) is 2.38. The van der Waals surface area contributed by atoms with E-state index in [2.05, 4.69) is 15.9 Å². The molecular formula is C15H13BrCl2O. The molecule has 0 radical (unpaired) electrons. The van der Waals surface area contributed by atoms with Gasteiger partial charge < -0.3 is 5.11 Å². The van der Waals surface area contributed by atoms with Gasteiger partial charge in [0, 0.05) is 10.9 Å². The zero-order valence-electron chi connectivity index (χ0n) is 10.3. The lowest BCUT2D eigenvalue weighted by molar-refractivity contribution is 0.177. The molecule has 1 N–H and O–H groups in total. The van der Waals surface area contributed by atoms with Gasteiger partial charge in [0.15, 0.2) is 0 Å². The first kappa shape index (κ1) is 14.9. The van der Waals surface area contributed by atoms with Gasteiger partial charge in [0.1, 0.15) is 0 Å². The topological polar surface area (TPSA) is 20.2 Å². The Morgan fingerprint density at radius 3 is 2.68 bits per heavy atom. The van der Waals surface area contributed by atoms with Gasteiger partial charge in [0.25, 0.3) is 0 Å². The predicted molar refractivity (Wildman–Crippen MR) is 84.0 cm³/mol. The van der Waals surface area contributed by atoms with Gasteiger partial charge >= 0.3 is 0 Å². The van der Waals surface area contributed by atoms with Crippen molar-refractivity contribution in [1.29, 1.82) is 0 Å². The Bertz CT molecular complexity index is 599. The highest BCUT2D eigenvalue weighted by Crippen LogP contribution is 2.31. The molecule has 0 aliphatic heterocycles. The number of benzene rings is 2. The second kappa shape index (κ2) is 6.27. The molecule has 0 aromatic heterocycles. The first-order valence-corrected chi connectivity index (χ1v) is 7.41. The fraction of sp³-hybridized carbons (Fsp3) is 0.200. The fourth-order valence-corrected chi connectivity index (χ4v) is 2.85. The molecule has 0 bridgehead atoms. The molecule has 19 heavy (non-hydrogen) atoms. The molecular weight excluding hydrogens is 347 g/mol. The molecule has 4 heteroatoms. The lowest BCUT2D eigenvalue weighted by atomic mass is 10.00. The number of aliphatic hydroxyl groups is 1. The Kier molecular flexibility index (Phi) is 4.91. The van der Waals surface area contributed by atoms with Crippen molar-refractivity contribution in [3.63, 3.8) is 0 Å². The van der Waals surface area contributed by atoms with Crippen molar-refractivity contribution in [3.05, 3.63) is 67.6 Å². The first-order chi connectivity index (χ1) is 8.99. The molecule has 0 heterocycles. The summed E-state index contributed by atoms with van der Waals surface area (Å²) in [5, 5.41) is 11.4. The summed E-state index contributed by atoms with van der Waals surface area (Å²) < 4.78 is 0.892. The van der Waals surface area contributed by atoms with Gasteiger partial charge in [-0.1, -0.05) is 69.0 Å². The monoisotopic (exact) mass is 358 g/mol. The van der Waals surface area contributed by atoms with Gasteiger partial charge in [-0.15, -0.1) is 0 Å². The number of halogens is 3. The van der Waals surface area contributed by atoms with Gasteiger partial charge in [-0.05, 0) is 30.2 Å². The van der Waals surface area contributed by atoms with Crippen molar-refractivity contribution in [2.24, 2.45) is 0 Å². The predicted octanol–water partition coefficient (Wildman–Crippen LogP) is 5.34. The largest absolute Gasteiger partial charge is 0.388 e. The van der Waals surface area contributed by atoms with E-state index < -0.39 is 6.10 Å². The van der Waals surface area contributed by atoms with E-state index in [1.807, 2.05) is 37.3 Å². The van der Waals surface area contributed by atoms with E-state index in [4.69, 9.17) is 23.2 Å². The third kappa shape index (κ3) is 3.51. The highest BCUT2D eigenvalue weighted by Gasteiger charge is 2.15. The summed E-state index contributed by atoms with van der Waals surface area (Å²) >= 11 is 15.6. The Labute approximate surface area is 131 Å². The maximum absolute atomic E-state index is 10.4. The van der Waals surface area contributed by atoms with Crippen LogP contribution in [0.3, 0.4) is 0 Å². The summed E-state index contributed by atoms with van der Waals surface area (Å²) in [4.78, 5) is 0. The summed E-state index contributed by atoms with van der Waals surface area (Å²) in [6, 6.07) is 11.3. The van der Waals surface area contributed by atoms with E-state index in [0.29, 0.717) is 16.5 Å². The lowest BCUT2D eigenvalue weighted by Crippen LogP contribution is -2.03. The molecule has 0 saturated carbocycles. The van der Waals surface area contributed by atoms with E-state index in [0.717, 1.165) is 21.2 Å². The Hall–Kier alpha value is -0.540. The molecule has 1 unspecified atom stereocenters. The van der Waals surface area contributed by atoms with E-state index in [9.17, 15) is 5.11 Å². The summed E-state index contributed by atoms with van der Waals surface area (Å²) in [5.41, 5.74) is 2.81. The second-order valence-corrected chi connectivity index (χ2v) is 6.10. The minimum absolute atomic E-state index is 0.432. The minimum atomic E-state index is -0.620. The van der Waals surface area contributed by atoms with E-state index in [-0.39, 0.29) is 0 Å². The van der Waals surface area contributed by atoms with Crippen molar-refractivity contribution in [3.8, 4) is 0 Å². The zero-order chi connectivity index (χ0) is 14.0. The van der Waals surface area contributed by atoms with Gasteiger partial charge in [-0.3, -0.25) is 0 Å². The van der Waals surface area contributed by atoms with Crippen LogP contribution in [0.25, 0.3) is 0 Å². The van der Waals surface area contributed by atoms with Crippen LogP contribution in [0, 0.1) is 6.92 Å². The maximum atomic E-state index is 10.4.